The summed E-state index contributed by atoms with van der Waals surface area (Å²) in [6.45, 7) is 2.03. The van der Waals surface area contributed by atoms with Gasteiger partial charge in [-0.15, -0.1) is 23.1 Å². The lowest BCUT2D eigenvalue weighted by Crippen LogP contribution is -2.15. The van der Waals surface area contributed by atoms with Crippen LogP contribution in [0.5, 0.6) is 0 Å². The molecule has 2 aromatic rings. The molecule has 0 bridgehead atoms. The van der Waals surface area contributed by atoms with Crippen molar-refractivity contribution in [2.24, 2.45) is 0 Å². The van der Waals surface area contributed by atoms with Crippen molar-refractivity contribution in [3.05, 3.63) is 34.2 Å². The summed E-state index contributed by atoms with van der Waals surface area (Å²) in [5.74, 6) is 2.07. The molecule has 0 fully saturated rings. The first kappa shape index (κ1) is 13.2. The van der Waals surface area contributed by atoms with Crippen molar-refractivity contribution < 1.29 is 4.79 Å². The SMILES string of the molecule is CCc1cn[nH]c1NC(=O)CSCc1cccs1. The molecular formula is C12H15N3OS2. The minimum Gasteiger partial charge on any atom is -0.310 e. The Kier molecular flexibility index (Phi) is 4.83. The van der Waals surface area contributed by atoms with Gasteiger partial charge in [0.25, 0.3) is 0 Å². The van der Waals surface area contributed by atoms with Crippen molar-refractivity contribution >= 4 is 34.8 Å². The molecule has 0 radical (unpaired) electrons. The third-order valence-electron chi connectivity index (χ3n) is 2.42. The highest BCUT2D eigenvalue weighted by atomic mass is 32.2. The van der Waals surface area contributed by atoms with Gasteiger partial charge >= 0.3 is 0 Å². The Bertz CT molecular complexity index is 493. The number of nitrogens with zero attached hydrogens (tertiary/aromatic N) is 1. The Labute approximate surface area is 114 Å². The van der Waals surface area contributed by atoms with Crippen LogP contribution in [0.3, 0.4) is 0 Å². The van der Waals surface area contributed by atoms with Crippen molar-refractivity contribution in [1.82, 2.24) is 10.2 Å². The summed E-state index contributed by atoms with van der Waals surface area (Å²) >= 11 is 3.34. The zero-order valence-electron chi connectivity index (χ0n) is 10.1. The van der Waals surface area contributed by atoms with Gasteiger partial charge in [0.1, 0.15) is 5.82 Å². The maximum atomic E-state index is 11.7. The van der Waals surface area contributed by atoms with Crippen LogP contribution in [-0.4, -0.2) is 21.9 Å². The van der Waals surface area contributed by atoms with Crippen molar-refractivity contribution in [2.75, 3.05) is 11.1 Å². The fourth-order valence-corrected chi connectivity index (χ4v) is 3.17. The number of anilines is 1. The van der Waals surface area contributed by atoms with E-state index in [1.54, 1.807) is 29.3 Å². The van der Waals surface area contributed by atoms with Gasteiger partial charge in [0.15, 0.2) is 0 Å². The van der Waals surface area contributed by atoms with E-state index >= 15 is 0 Å². The first-order chi connectivity index (χ1) is 8.79. The lowest BCUT2D eigenvalue weighted by Gasteiger charge is -2.04. The zero-order valence-corrected chi connectivity index (χ0v) is 11.7. The molecule has 0 atom stereocenters. The Morgan fingerprint density at radius 2 is 2.50 bits per heavy atom. The lowest BCUT2D eigenvalue weighted by molar-refractivity contribution is -0.113. The molecule has 2 aromatic heterocycles. The molecular weight excluding hydrogens is 266 g/mol. The second-order valence-electron chi connectivity index (χ2n) is 3.74. The molecule has 6 heteroatoms. The first-order valence-electron chi connectivity index (χ1n) is 5.71. The van der Waals surface area contributed by atoms with Gasteiger partial charge in [-0.2, -0.15) is 5.10 Å². The number of nitrogens with one attached hydrogen (secondary N) is 2. The van der Waals surface area contributed by atoms with E-state index in [1.165, 1.54) is 4.88 Å². The number of rotatable bonds is 6. The first-order valence-corrected chi connectivity index (χ1v) is 7.75. The Morgan fingerprint density at radius 1 is 1.61 bits per heavy atom. The normalized spacial score (nSPS) is 10.5. The van der Waals surface area contributed by atoms with Gasteiger partial charge in [-0.05, 0) is 17.9 Å². The molecule has 0 aromatic carbocycles. The number of amides is 1. The minimum atomic E-state index is 0.00973. The summed E-state index contributed by atoms with van der Waals surface area (Å²) in [6, 6.07) is 4.11. The summed E-state index contributed by atoms with van der Waals surface area (Å²) in [5, 5.41) is 11.6. The Morgan fingerprint density at radius 3 is 3.22 bits per heavy atom. The third kappa shape index (κ3) is 3.61. The maximum absolute atomic E-state index is 11.7. The molecule has 0 aliphatic carbocycles. The van der Waals surface area contributed by atoms with Crippen LogP contribution in [0.4, 0.5) is 5.82 Å². The highest BCUT2D eigenvalue weighted by molar-refractivity contribution is 7.99. The number of thiophene rings is 1. The molecule has 0 saturated carbocycles. The summed E-state index contributed by atoms with van der Waals surface area (Å²) in [6.07, 6.45) is 2.60. The fraction of sp³-hybridized carbons (Fsp3) is 0.333. The predicted molar refractivity (Wildman–Crippen MR) is 77.1 cm³/mol. The van der Waals surface area contributed by atoms with Crippen LogP contribution in [0.15, 0.2) is 23.7 Å². The number of thioether (sulfide) groups is 1. The minimum absolute atomic E-state index is 0.00973. The van der Waals surface area contributed by atoms with Crippen molar-refractivity contribution in [1.29, 1.82) is 0 Å². The number of hydrogen-bond donors (Lipinski definition) is 2. The van der Waals surface area contributed by atoms with Gasteiger partial charge in [-0.25, -0.2) is 0 Å². The summed E-state index contributed by atoms with van der Waals surface area (Å²) < 4.78 is 0. The number of H-pyrrole nitrogens is 1. The van der Waals surface area contributed by atoms with Crippen LogP contribution in [0.2, 0.25) is 0 Å². The highest BCUT2D eigenvalue weighted by Gasteiger charge is 2.07. The van der Waals surface area contributed by atoms with E-state index in [4.69, 9.17) is 0 Å². The summed E-state index contributed by atoms with van der Waals surface area (Å²) in [5.41, 5.74) is 1.03. The second kappa shape index (κ2) is 6.61. The largest absolute Gasteiger partial charge is 0.310 e. The van der Waals surface area contributed by atoms with Crippen molar-refractivity contribution in [3.8, 4) is 0 Å². The standard InChI is InChI=1S/C12H15N3OS2/c1-2-9-6-13-15-12(9)14-11(16)8-17-7-10-4-3-5-18-10/h3-6H,2,7-8H2,1H3,(H2,13,14,15,16). The van der Waals surface area contributed by atoms with Crippen LogP contribution >= 0.6 is 23.1 Å². The van der Waals surface area contributed by atoms with Crippen LogP contribution in [-0.2, 0) is 17.0 Å². The van der Waals surface area contributed by atoms with Crippen LogP contribution in [0.25, 0.3) is 0 Å². The molecule has 2 rings (SSSR count). The number of aromatic amines is 1. The number of hydrogen-bond acceptors (Lipinski definition) is 4. The van der Waals surface area contributed by atoms with Crippen LogP contribution < -0.4 is 5.32 Å². The summed E-state index contributed by atoms with van der Waals surface area (Å²) in [7, 11) is 0. The molecule has 18 heavy (non-hydrogen) atoms. The van der Waals surface area contributed by atoms with E-state index in [9.17, 15) is 4.79 Å². The third-order valence-corrected chi connectivity index (χ3v) is 4.46. The molecule has 2 heterocycles. The van der Waals surface area contributed by atoms with Crippen LogP contribution in [0, 0.1) is 0 Å². The van der Waals surface area contributed by atoms with Gasteiger partial charge in [-0.1, -0.05) is 13.0 Å². The number of aromatic nitrogens is 2. The number of carbonyl (C=O) groups excluding carboxylic acids is 1. The Balaban J connectivity index is 1.75. The van der Waals surface area contributed by atoms with E-state index in [0.29, 0.717) is 5.75 Å². The van der Waals surface area contributed by atoms with E-state index < -0.39 is 0 Å². The van der Waals surface area contributed by atoms with Crippen LogP contribution in [0.1, 0.15) is 17.4 Å². The maximum Gasteiger partial charge on any atom is 0.235 e. The second-order valence-corrected chi connectivity index (χ2v) is 5.76. The average Bonchev–Trinajstić information content (AvgIpc) is 3.00. The quantitative estimate of drug-likeness (QED) is 0.856. The van der Waals surface area contributed by atoms with E-state index in [1.807, 2.05) is 18.4 Å². The molecule has 0 saturated heterocycles. The number of carbonyl (C=O) groups is 1. The average molecular weight is 281 g/mol. The molecule has 0 unspecified atom stereocenters. The van der Waals surface area contributed by atoms with Gasteiger partial charge in [-0.3, -0.25) is 9.89 Å². The Hall–Kier alpha value is -1.27. The molecule has 0 aliphatic heterocycles. The molecule has 0 spiro atoms. The molecule has 4 nitrogen and oxygen atoms in total. The zero-order chi connectivity index (χ0) is 12.8. The molecule has 2 N–H and O–H groups in total. The van der Waals surface area contributed by atoms with E-state index in [0.717, 1.165) is 23.6 Å². The fourth-order valence-electron chi connectivity index (χ4n) is 1.50. The summed E-state index contributed by atoms with van der Waals surface area (Å²) in [4.78, 5) is 13.0. The highest BCUT2D eigenvalue weighted by Crippen LogP contribution is 2.17. The molecule has 0 aliphatic rings. The molecule has 1 amide bonds. The molecule has 96 valence electrons. The van der Waals surface area contributed by atoms with Gasteiger partial charge < -0.3 is 5.32 Å². The number of aryl methyl sites for hydroxylation is 1. The monoisotopic (exact) mass is 281 g/mol. The van der Waals surface area contributed by atoms with Gasteiger partial charge in [0.2, 0.25) is 5.91 Å². The van der Waals surface area contributed by atoms with E-state index in [-0.39, 0.29) is 5.91 Å². The van der Waals surface area contributed by atoms with E-state index in [2.05, 4.69) is 21.6 Å². The topological polar surface area (TPSA) is 57.8 Å². The van der Waals surface area contributed by atoms with Gasteiger partial charge in [0, 0.05) is 16.2 Å². The van der Waals surface area contributed by atoms with Crippen molar-refractivity contribution in [2.45, 2.75) is 19.1 Å². The smallest absolute Gasteiger partial charge is 0.235 e. The lowest BCUT2D eigenvalue weighted by atomic mass is 10.2. The van der Waals surface area contributed by atoms with Gasteiger partial charge in [0.05, 0.1) is 11.9 Å². The predicted octanol–water partition coefficient (Wildman–Crippen LogP) is 2.91. The van der Waals surface area contributed by atoms with Crippen molar-refractivity contribution in [3.63, 3.8) is 0 Å².